The van der Waals surface area contributed by atoms with Gasteiger partial charge >= 0.3 is 0 Å². The number of hydrogen-bond acceptors (Lipinski definition) is 2. The fourth-order valence-corrected chi connectivity index (χ4v) is 2.58. The number of halogens is 1. The van der Waals surface area contributed by atoms with Crippen molar-refractivity contribution in [2.24, 2.45) is 0 Å². The van der Waals surface area contributed by atoms with Gasteiger partial charge in [0.2, 0.25) is 5.91 Å². The van der Waals surface area contributed by atoms with Crippen LogP contribution in [0.3, 0.4) is 0 Å². The van der Waals surface area contributed by atoms with E-state index in [1.54, 1.807) is 4.90 Å². The van der Waals surface area contributed by atoms with Crippen molar-refractivity contribution in [2.75, 3.05) is 13.1 Å². The lowest BCUT2D eigenvalue weighted by Crippen LogP contribution is -2.53. The smallest absolute Gasteiger partial charge is 0.224 e. The van der Waals surface area contributed by atoms with Gasteiger partial charge in [-0.05, 0) is 24.3 Å². The van der Waals surface area contributed by atoms with E-state index >= 15 is 0 Å². The van der Waals surface area contributed by atoms with Gasteiger partial charge in [0.15, 0.2) is 0 Å². The van der Waals surface area contributed by atoms with Crippen LogP contribution in [0.4, 0.5) is 0 Å². The molecule has 2 heterocycles. The first-order valence-corrected chi connectivity index (χ1v) is 6.71. The van der Waals surface area contributed by atoms with Crippen LogP contribution < -0.4 is 0 Å². The molecule has 19 heavy (non-hydrogen) atoms. The Bertz CT molecular complexity index is 617. The molecule has 3 rings (SSSR count). The summed E-state index contributed by atoms with van der Waals surface area (Å²) in [6, 6.07) is 7.74. The van der Waals surface area contributed by atoms with Gasteiger partial charge in [-0.15, -0.1) is 0 Å². The number of nitrogens with zero attached hydrogens (tertiary/aromatic N) is 2. The van der Waals surface area contributed by atoms with Crippen LogP contribution in [0.15, 0.2) is 30.5 Å². The molecule has 0 bridgehead atoms. The number of aliphatic hydroxyl groups is 1. The zero-order valence-electron chi connectivity index (χ0n) is 10.4. The van der Waals surface area contributed by atoms with Crippen LogP contribution >= 0.6 is 11.6 Å². The number of amides is 1. The molecular weight excluding hydrogens is 264 g/mol. The van der Waals surface area contributed by atoms with E-state index < -0.39 is 0 Å². The van der Waals surface area contributed by atoms with Gasteiger partial charge in [-0.1, -0.05) is 11.6 Å². The second-order valence-corrected chi connectivity index (χ2v) is 5.35. The molecule has 1 aliphatic rings. The number of hydrogen-bond donors (Lipinski definition) is 1. The summed E-state index contributed by atoms with van der Waals surface area (Å²) in [6.45, 7) is 1.60. The normalized spacial score (nSPS) is 15.8. The lowest BCUT2D eigenvalue weighted by Gasteiger charge is -2.35. The van der Waals surface area contributed by atoms with E-state index in [9.17, 15) is 9.90 Å². The summed E-state index contributed by atoms with van der Waals surface area (Å²) >= 11 is 5.94. The minimum Gasteiger partial charge on any atom is -0.389 e. The molecule has 0 saturated carbocycles. The molecule has 1 N–H and O–H groups in total. The van der Waals surface area contributed by atoms with Gasteiger partial charge in [-0.2, -0.15) is 0 Å². The van der Waals surface area contributed by atoms with Crippen molar-refractivity contribution in [3.05, 3.63) is 35.5 Å². The summed E-state index contributed by atoms with van der Waals surface area (Å²) in [4.78, 5) is 13.5. The number of carbonyl (C=O) groups excluding carboxylic acids is 1. The van der Waals surface area contributed by atoms with Gasteiger partial charge in [0, 0.05) is 48.2 Å². The lowest BCUT2D eigenvalue weighted by atomic mass is 10.1. The Balaban J connectivity index is 1.67. The number of aryl methyl sites for hydroxylation is 1. The van der Waals surface area contributed by atoms with E-state index in [4.69, 9.17) is 11.6 Å². The minimum absolute atomic E-state index is 0.0983. The molecule has 0 spiro atoms. The SMILES string of the molecule is O=C(CCn1ccc2cc(Cl)ccc21)N1CC(O)C1. The fourth-order valence-electron chi connectivity index (χ4n) is 2.40. The van der Waals surface area contributed by atoms with Crippen LogP contribution in [0, 0.1) is 0 Å². The zero-order valence-corrected chi connectivity index (χ0v) is 11.2. The molecule has 1 amide bonds. The molecule has 5 heteroatoms. The molecular formula is C14H15ClN2O2. The average molecular weight is 279 g/mol. The topological polar surface area (TPSA) is 45.5 Å². The monoisotopic (exact) mass is 278 g/mol. The van der Waals surface area contributed by atoms with Crippen molar-refractivity contribution in [1.29, 1.82) is 0 Å². The number of rotatable bonds is 3. The molecule has 100 valence electrons. The Hall–Kier alpha value is -1.52. The summed E-state index contributed by atoms with van der Waals surface area (Å²) in [5, 5.41) is 11.0. The van der Waals surface area contributed by atoms with E-state index in [0.29, 0.717) is 26.1 Å². The lowest BCUT2D eigenvalue weighted by molar-refractivity contribution is -0.141. The number of likely N-dealkylation sites (tertiary alicyclic amines) is 1. The first-order valence-electron chi connectivity index (χ1n) is 6.34. The predicted octanol–water partition coefficient (Wildman–Crippen LogP) is 1.89. The molecule has 1 saturated heterocycles. The van der Waals surface area contributed by atoms with E-state index in [-0.39, 0.29) is 12.0 Å². The van der Waals surface area contributed by atoms with Gasteiger partial charge in [-0.3, -0.25) is 4.79 Å². The number of aromatic nitrogens is 1. The number of aliphatic hydroxyl groups excluding tert-OH is 1. The fraction of sp³-hybridized carbons (Fsp3) is 0.357. The Morgan fingerprint density at radius 3 is 2.89 bits per heavy atom. The summed E-state index contributed by atoms with van der Waals surface area (Å²) in [7, 11) is 0. The van der Waals surface area contributed by atoms with Gasteiger partial charge < -0.3 is 14.6 Å². The largest absolute Gasteiger partial charge is 0.389 e. The number of β-amino-alcohol motifs (C(OH)–C–C–N with tert-alkyl or cyclic N) is 1. The minimum atomic E-state index is -0.335. The van der Waals surface area contributed by atoms with E-state index in [0.717, 1.165) is 15.9 Å². The van der Waals surface area contributed by atoms with E-state index in [1.165, 1.54) is 0 Å². The van der Waals surface area contributed by atoms with Crippen molar-refractivity contribution in [1.82, 2.24) is 9.47 Å². The molecule has 0 radical (unpaired) electrons. The number of fused-ring (bicyclic) bond motifs is 1. The molecule has 0 aliphatic carbocycles. The van der Waals surface area contributed by atoms with Crippen molar-refractivity contribution in [3.8, 4) is 0 Å². The Morgan fingerprint density at radius 1 is 1.37 bits per heavy atom. The van der Waals surface area contributed by atoms with E-state index in [1.807, 2.05) is 30.5 Å². The molecule has 1 aliphatic heterocycles. The highest BCUT2D eigenvalue weighted by Gasteiger charge is 2.28. The summed E-state index contributed by atoms with van der Waals surface area (Å²) < 4.78 is 2.06. The third-order valence-corrected chi connectivity index (χ3v) is 3.75. The maximum Gasteiger partial charge on any atom is 0.224 e. The molecule has 1 fully saturated rings. The van der Waals surface area contributed by atoms with Crippen molar-refractivity contribution < 1.29 is 9.90 Å². The maximum atomic E-state index is 11.8. The van der Waals surface area contributed by atoms with Gasteiger partial charge in [0.25, 0.3) is 0 Å². The standard InChI is InChI=1S/C14H15ClN2O2/c15-11-1-2-13-10(7-11)3-5-16(13)6-4-14(19)17-8-12(18)9-17/h1-3,5,7,12,18H,4,6,8-9H2. The Kier molecular flexibility index (Phi) is 3.21. The van der Waals surface area contributed by atoms with E-state index in [2.05, 4.69) is 4.57 Å². The molecule has 0 unspecified atom stereocenters. The van der Waals surface area contributed by atoms with Crippen LogP contribution in [-0.4, -0.2) is 39.7 Å². The first kappa shape index (κ1) is 12.5. The first-order chi connectivity index (χ1) is 9.13. The van der Waals surface area contributed by atoms with Crippen molar-refractivity contribution in [3.63, 3.8) is 0 Å². The van der Waals surface area contributed by atoms with Crippen LogP contribution in [0.25, 0.3) is 10.9 Å². The molecule has 0 atom stereocenters. The Labute approximate surface area is 116 Å². The van der Waals surface area contributed by atoms with Crippen molar-refractivity contribution in [2.45, 2.75) is 19.1 Å². The second kappa shape index (κ2) is 4.87. The summed E-state index contributed by atoms with van der Waals surface area (Å²) in [5.41, 5.74) is 1.08. The third kappa shape index (κ3) is 2.46. The molecule has 2 aromatic rings. The van der Waals surface area contributed by atoms with Crippen LogP contribution in [0.2, 0.25) is 5.02 Å². The predicted molar refractivity (Wildman–Crippen MR) is 74.2 cm³/mol. The quantitative estimate of drug-likeness (QED) is 0.932. The molecule has 1 aromatic heterocycles. The number of carbonyl (C=O) groups is 1. The summed E-state index contributed by atoms with van der Waals surface area (Å²) in [6.07, 6.45) is 2.09. The van der Waals surface area contributed by atoms with Crippen LogP contribution in [0.5, 0.6) is 0 Å². The van der Waals surface area contributed by atoms with Gasteiger partial charge in [0.05, 0.1) is 6.10 Å². The highest BCUT2D eigenvalue weighted by Crippen LogP contribution is 2.21. The van der Waals surface area contributed by atoms with Crippen molar-refractivity contribution >= 4 is 28.4 Å². The van der Waals surface area contributed by atoms with Crippen LogP contribution in [-0.2, 0) is 11.3 Å². The Morgan fingerprint density at radius 2 is 2.16 bits per heavy atom. The molecule has 4 nitrogen and oxygen atoms in total. The highest BCUT2D eigenvalue weighted by molar-refractivity contribution is 6.31. The van der Waals surface area contributed by atoms with Gasteiger partial charge in [0.1, 0.15) is 0 Å². The molecule has 1 aromatic carbocycles. The second-order valence-electron chi connectivity index (χ2n) is 4.91. The zero-order chi connectivity index (χ0) is 13.4. The van der Waals surface area contributed by atoms with Crippen LogP contribution in [0.1, 0.15) is 6.42 Å². The van der Waals surface area contributed by atoms with Gasteiger partial charge in [-0.25, -0.2) is 0 Å². The third-order valence-electron chi connectivity index (χ3n) is 3.51. The average Bonchev–Trinajstić information content (AvgIpc) is 2.74. The number of benzene rings is 1. The highest BCUT2D eigenvalue weighted by atomic mass is 35.5. The maximum absolute atomic E-state index is 11.8. The summed E-state index contributed by atoms with van der Waals surface area (Å²) in [5.74, 6) is 0.0983.